The van der Waals surface area contributed by atoms with Gasteiger partial charge in [-0.05, 0) is 32.4 Å². The van der Waals surface area contributed by atoms with Crippen molar-refractivity contribution in [3.05, 3.63) is 35.4 Å². The van der Waals surface area contributed by atoms with E-state index in [9.17, 15) is 27.9 Å². The van der Waals surface area contributed by atoms with Crippen LogP contribution in [-0.4, -0.2) is 40.8 Å². The van der Waals surface area contributed by atoms with Crippen LogP contribution in [0.15, 0.2) is 24.3 Å². The van der Waals surface area contributed by atoms with Gasteiger partial charge in [-0.1, -0.05) is 18.2 Å². The molecule has 0 bridgehead atoms. The quantitative estimate of drug-likeness (QED) is 0.904. The predicted molar refractivity (Wildman–Crippen MR) is 80.6 cm³/mol. The molecule has 5 nitrogen and oxygen atoms in total. The highest BCUT2D eigenvalue weighted by Crippen LogP contribution is 2.32. The zero-order chi connectivity index (χ0) is 18.7. The van der Waals surface area contributed by atoms with Crippen molar-refractivity contribution in [2.45, 2.75) is 45.0 Å². The second-order valence-electron chi connectivity index (χ2n) is 6.30. The van der Waals surface area contributed by atoms with Crippen molar-refractivity contribution in [1.29, 1.82) is 0 Å². The van der Waals surface area contributed by atoms with Crippen LogP contribution in [0.3, 0.4) is 0 Å². The van der Waals surface area contributed by atoms with Crippen LogP contribution in [0.25, 0.3) is 0 Å². The lowest BCUT2D eigenvalue weighted by atomic mass is 9.99. The summed E-state index contributed by atoms with van der Waals surface area (Å²) in [6, 6.07) is 3.20. The SMILES string of the molecule is CN(C(=O)OC(C)(C)C)C(Cc1ccccc1C(F)(F)F)C(=O)O. The number of amides is 1. The first-order valence-electron chi connectivity index (χ1n) is 7.16. The van der Waals surface area contributed by atoms with Crippen LogP contribution in [0.5, 0.6) is 0 Å². The standard InChI is InChI=1S/C16H20F3NO4/c1-15(2,3)24-14(23)20(4)12(13(21)22)9-10-7-5-6-8-11(10)16(17,18)19/h5-8,12H,9H2,1-4H3,(H,21,22). The van der Waals surface area contributed by atoms with Crippen LogP contribution in [-0.2, 0) is 22.1 Å². The average Bonchev–Trinajstić information content (AvgIpc) is 2.41. The molecule has 0 aromatic heterocycles. The maximum absolute atomic E-state index is 13.0. The molecule has 0 aliphatic rings. The maximum atomic E-state index is 13.0. The molecule has 0 spiro atoms. The van der Waals surface area contributed by atoms with E-state index < -0.39 is 41.9 Å². The third-order valence-corrected chi connectivity index (χ3v) is 3.17. The number of nitrogens with zero attached hydrogens (tertiary/aromatic N) is 1. The third-order valence-electron chi connectivity index (χ3n) is 3.17. The minimum Gasteiger partial charge on any atom is -0.480 e. The Labute approximate surface area is 138 Å². The number of hydrogen-bond donors (Lipinski definition) is 1. The maximum Gasteiger partial charge on any atom is 0.416 e. The first kappa shape index (κ1) is 19.8. The van der Waals surface area contributed by atoms with Crippen molar-refractivity contribution in [2.75, 3.05) is 7.05 Å². The Kier molecular flexibility index (Phi) is 5.86. The number of halogens is 3. The van der Waals surface area contributed by atoms with Crippen LogP contribution in [0.1, 0.15) is 31.9 Å². The molecule has 0 aliphatic carbocycles. The molecule has 1 unspecified atom stereocenters. The number of carbonyl (C=O) groups excluding carboxylic acids is 1. The van der Waals surface area contributed by atoms with Gasteiger partial charge < -0.3 is 9.84 Å². The molecule has 1 aromatic carbocycles. The van der Waals surface area contributed by atoms with Crippen LogP contribution >= 0.6 is 0 Å². The van der Waals surface area contributed by atoms with Gasteiger partial charge in [-0.2, -0.15) is 13.2 Å². The summed E-state index contributed by atoms with van der Waals surface area (Å²) in [5, 5.41) is 9.32. The first-order chi connectivity index (χ1) is 10.8. The molecule has 0 saturated heterocycles. The molecule has 8 heteroatoms. The molecule has 0 saturated carbocycles. The number of alkyl halides is 3. The lowest BCUT2D eigenvalue weighted by molar-refractivity contribution is -0.144. The third kappa shape index (κ3) is 5.43. The Balaban J connectivity index is 3.08. The van der Waals surface area contributed by atoms with Gasteiger partial charge in [-0.3, -0.25) is 4.90 Å². The van der Waals surface area contributed by atoms with Crippen molar-refractivity contribution in [3.63, 3.8) is 0 Å². The van der Waals surface area contributed by atoms with Crippen molar-refractivity contribution in [1.82, 2.24) is 4.90 Å². The smallest absolute Gasteiger partial charge is 0.416 e. The van der Waals surface area contributed by atoms with Crippen LogP contribution in [0.2, 0.25) is 0 Å². The molecule has 1 aromatic rings. The number of carbonyl (C=O) groups is 2. The predicted octanol–water partition coefficient (Wildman–Crippen LogP) is 3.57. The topological polar surface area (TPSA) is 66.8 Å². The fraction of sp³-hybridized carbons (Fsp3) is 0.500. The largest absolute Gasteiger partial charge is 0.480 e. The Morgan fingerprint density at radius 3 is 2.21 bits per heavy atom. The summed E-state index contributed by atoms with van der Waals surface area (Å²) in [7, 11) is 1.18. The van der Waals surface area contributed by atoms with Crippen molar-refractivity contribution >= 4 is 12.1 Å². The Hall–Kier alpha value is -2.25. The molecule has 24 heavy (non-hydrogen) atoms. The lowest BCUT2D eigenvalue weighted by Crippen LogP contribution is -2.46. The van der Waals surface area contributed by atoms with E-state index in [4.69, 9.17) is 4.74 Å². The number of ether oxygens (including phenoxy) is 1. The molecule has 0 fully saturated rings. The normalized spacial score (nSPS) is 13.3. The zero-order valence-electron chi connectivity index (χ0n) is 13.8. The fourth-order valence-corrected chi connectivity index (χ4v) is 2.03. The van der Waals surface area contributed by atoms with Gasteiger partial charge in [0.15, 0.2) is 0 Å². The van der Waals surface area contributed by atoms with Gasteiger partial charge in [0.1, 0.15) is 11.6 Å². The van der Waals surface area contributed by atoms with E-state index in [1.807, 2.05) is 0 Å². The molecule has 1 N–H and O–H groups in total. The lowest BCUT2D eigenvalue weighted by Gasteiger charge is -2.29. The summed E-state index contributed by atoms with van der Waals surface area (Å²) < 4.78 is 44.2. The van der Waals surface area contributed by atoms with Crippen LogP contribution in [0, 0.1) is 0 Å². The number of carboxylic acid groups (broad SMARTS) is 1. The Morgan fingerprint density at radius 2 is 1.75 bits per heavy atom. The van der Waals surface area contributed by atoms with E-state index in [-0.39, 0.29) is 5.56 Å². The highest BCUT2D eigenvalue weighted by molar-refractivity contribution is 5.80. The number of rotatable bonds is 4. The van der Waals surface area contributed by atoms with Crippen molar-refractivity contribution in [3.8, 4) is 0 Å². The number of hydrogen-bond acceptors (Lipinski definition) is 3. The molecule has 0 heterocycles. The average molecular weight is 347 g/mol. The van der Waals surface area contributed by atoms with Gasteiger partial charge in [0.05, 0.1) is 5.56 Å². The summed E-state index contributed by atoms with van der Waals surface area (Å²) in [6.45, 7) is 4.81. The molecular weight excluding hydrogens is 327 g/mol. The Bertz CT molecular complexity index is 608. The minimum absolute atomic E-state index is 0.201. The van der Waals surface area contributed by atoms with Crippen LogP contribution in [0.4, 0.5) is 18.0 Å². The molecule has 1 atom stereocenters. The van der Waals surface area contributed by atoms with E-state index in [0.29, 0.717) is 0 Å². The van der Waals surface area contributed by atoms with E-state index in [1.54, 1.807) is 20.8 Å². The second-order valence-corrected chi connectivity index (χ2v) is 6.30. The number of benzene rings is 1. The van der Waals surface area contributed by atoms with Gasteiger partial charge in [0.25, 0.3) is 0 Å². The number of likely N-dealkylation sites (N-methyl/N-ethyl adjacent to an activating group) is 1. The highest BCUT2D eigenvalue weighted by Gasteiger charge is 2.36. The first-order valence-corrected chi connectivity index (χ1v) is 7.16. The van der Waals surface area contributed by atoms with E-state index in [0.717, 1.165) is 11.0 Å². The molecule has 0 radical (unpaired) electrons. The Morgan fingerprint density at radius 1 is 1.21 bits per heavy atom. The van der Waals surface area contributed by atoms with Gasteiger partial charge in [0, 0.05) is 13.5 Å². The minimum atomic E-state index is -4.61. The van der Waals surface area contributed by atoms with Gasteiger partial charge in [-0.15, -0.1) is 0 Å². The monoisotopic (exact) mass is 347 g/mol. The van der Waals surface area contributed by atoms with Gasteiger partial charge in [-0.25, -0.2) is 9.59 Å². The van der Waals surface area contributed by atoms with Crippen LogP contribution < -0.4 is 0 Å². The highest BCUT2D eigenvalue weighted by atomic mass is 19.4. The van der Waals surface area contributed by atoms with Crippen molar-refractivity contribution in [2.24, 2.45) is 0 Å². The fourth-order valence-electron chi connectivity index (χ4n) is 2.03. The van der Waals surface area contributed by atoms with E-state index in [2.05, 4.69) is 0 Å². The number of carboxylic acids is 1. The van der Waals surface area contributed by atoms with Gasteiger partial charge >= 0.3 is 18.2 Å². The molecule has 1 amide bonds. The van der Waals surface area contributed by atoms with E-state index >= 15 is 0 Å². The van der Waals surface area contributed by atoms with E-state index in [1.165, 1.54) is 25.2 Å². The second kappa shape index (κ2) is 7.11. The molecule has 0 aliphatic heterocycles. The summed E-state index contributed by atoms with van der Waals surface area (Å²) in [5.41, 5.74) is -1.97. The molecule has 1 rings (SSSR count). The summed E-state index contributed by atoms with van der Waals surface area (Å²) in [4.78, 5) is 24.2. The summed E-state index contributed by atoms with van der Waals surface area (Å²) in [5.74, 6) is -1.42. The molecule has 134 valence electrons. The summed E-state index contributed by atoms with van der Waals surface area (Å²) >= 11 is 0. The van der Waals surface area contributed by atoms with Gasteiger partial charge in [0.2, 0.25) is 0 Å². The number of aliphatic carboxylic acids is 1. The molecular formula is C16H20F3NO4. The zero-order valence-corrected chi connectivity index (χ0v) is 13.8. The summed E-state index contributed by atoms with van der Waals surface area (Å²) in [6.07, 6.45) is -6.01. The van der Waals surface area contributed by atoms with Crippen molar-refractivity contribution < 1.29 is 32.6 Å².